The van der Waals surface area contributed by atoms with Gasteiger partial charge in [-0.05, 0) is 25.2 Å². The van der Waals surface area contributed by atoms with Crippen LogP contribution in [-0.2, 0) is 14.8 Å². The fourth-order valence-electron chi connectivity index (χ4n) is 1.96. The van der Waals surface area contributed by atoms with Crippen molar-refractivity contribution >= 4 is 15.9 Å². The van der Waals surface area contributed by atoms with Crippen LogP contribution in [0.25, 0.3) is 0 Å². The molecular formula is C15H25N3O3S. The van der Waals surface area contributed by atoms with E-state index in [4.69, 9.17) is 0 Å². The van der Waals surface area contributed by atoms with Crippen LogP contribution in [0.15, 0.2) is 35.2 Å². The summed E-state index contributed by atoms with van der Waals surface area (Å²) in [6.07, 6.45) is 0.129. The van der Waals surface area contributed by atoms with E-state index in [-0.39, 0.29) is 23.8 Å². The van der Waals surface area contributed by atoms with E-state index in [0.29, 0.717) is 6.54 Å². The monoisotopic (exact) mass is 327 g/mol. The molecule has 0 bridgehead atoms. The fourth-order valence-corrected chi connectivity index (χ4v) is 3.02. The molecule has 0 aliphatic carbocycles. The summed E-state index contributed by atoms with van der Waals surface area (Å²) in [5.74, 6) is -0.150. The third-order valence-corrected chi connectivity index (χ3v) is 4.82. The second-order valence-corrected chi connectivity index (χ2v) is 6.60. The number of benzene rings is 1. The molecule has 0 heterocycles. The number of sulfonamides is 1. The second kappa shape index (κ2) is 9.55. The summed E-state index contributed by atoms with van der Waals surface area (Å²) in [6.45, 7) is 7.51. The van der Waals surface area contributed by atoms with Crippen LogP contribution < -0.4 is 10.0 Å². The molecule has 1 rings (SSSR count). The molecule has 0 radical (unpaired) electrons. The highest BCUT2D eigenvalue weighted by Crippen LogP contribution is 2.06. The van der Waals surface area contributed by atoms with Gasteiger partial charge in [0.15, 0.2) is 0 Å². The first kappa shape index (κ1) is 18.6. The highest BCUT2D eigenvalue weighted by Gasteiger charge is 2.13. The number of hydrogen-bond acceptors (Lipinski definition) is 4. The molecule has 22 heavy (non-hydrogen) atoms. The van der Waals surface area contributed by atoms with Gasteiger partial charge in [0.1, 0.15) is 0 Å². The number of nitrogens with zero attached hydrogens (tertiary/aromatic N) is 1. The molecule has 1 aromatic carbocycles. The first-order valence-electron chi connectivity index (χ1n) is 7.53. The molecule has 1 amide bonds. The Morgan fingerprint density at radius 1 is 1.09 bits per heavy atom. The van der Waals surface area contributed by atoms with Crippen LogP contribution in [0.5, 0.6) is 0 Å². The average Bonchev–Trinajstić information content (AvgIpc) is 2.52. The number of hydrogen-bond donors (Lipinski definition) is 2. The molecule has 0 aliphatic heterocycles. The van der Waals surface area contributed by atoms with Gasteiger partial charge in [-0.2, -0.15) is 0 Å². The molecule has 2 N–H and O–H groups in total. The largest absolute Gasteiger partial charge is 0.355 e. The predicted octanol–water partition coefficient (Wildman–Crippen LogP) is 0.813. The summed E-state index contributed by atoms with van der Waals surface area (Å²) < 4.78 is 26.3. The topological polar surface area (TPSA) is 78.5 Å². The minimum atomic E-state index is -3.54. The van der Waals surface area contributed by atoms with E-state index in [1.54, 1.807) is 18.2 Å². The van der Waals surface area contributed by atoms with E-state index in [1.165, 1.54) is 12.1 Å². The highest BCUT2D eigenvalue weighted by atomic mass is 32.2. The Kier molecular flexibility index (Phi) is 8.08. The van der Waals surface area contributed by atoms with Gasteiger partial charge in [0.25, 0.3) is 0 Å². The Hall–Kier alpha value is -1.44. The van der Waals surface area contributed by atoms with Gasteiger partial charge < -0.3 is 10.2 Å². The maximum atomic E-state index is 11.9. The van der Waals surface area contributed by atoms with Crippen LogP contribution in [0.2, 0.25) is 0 Å². The third kappa shape index (κ3) is 6.55. The molecule has 0 aliphatic rings. The lowest BCUT2D eigenvalue weighted by molar-refractivity contribution is -0.120. The molecule has 0 spiro atoms. The van der Waals surface area contributed by atoms with Gasteiger partial charge in [-0.25, -0.2) is 13.1 Å². The number of rotatable bonds is 10. The molecule has 1 aromatic rings. The molecule has 0 saturated carbocycles. The smallest absolute Gasteiger partial charge is 0.240 e. The lowest BCUT2D eigenvalue weighted by Gasteiger charge is -2.17. The van der Waals surface area contributed by atoms with E-state index >= 15 is 0 Å². The van der Waals surface area contributed by atoms with Crippen LogP contribution in [0.4, 0.5) is 0 Å². The second-order valence-electron chi connectivity index (χ2n) is 4.84. The van der Waals surface area contributed by atoms with Gasteiger partial charge in [-0.15, -0.1) is 0 Å². The Balaban J connectivity index is 2.28. The normalized spacial score (nSPS) is 11.6. The summed E-state index contributed by atoms with van der Waals surface area (Å²) in [5, 5.41) is 2.79. The minimum absolute atomic E-state index is 0.0916. The van der Waals surface area contributed by atoms with Crippen molar-refractivity contribution in [2.75, 3.05) is 32.7 Å². The quantitative estimate of drug-likeness (QED) is 0.667. The van der Waals surface area contributed by atoms with Gasteiger partial charge in [0.2, 0.25) is 15.9 Å². The number of carbonyl (C=O) groups excluding carboxylic acids is 1. The SMILES string of the molecule is CCN(CC)CCNC(=O)CCNS(=O)(=O)c1ccccc1. The predicted molar refractivity (Wildman–Crippen MR) is 87.0 cm³/mol. The van der Waals surface area contributed by atoms with Gasteiger partial charge in [-0.3, -0.25) is 4.79 Å². The van der Waals surface area contributed by atoms with E-state index in [2.05, 4.69) is 28.8 Å². The van der Waals surface area contributed by atoms with E-state index in [9.17, 15) is 13.2 Å². The summed E-state index contributed by atoms with van der Waals surface area (Å²) in [4.78, 5) is 14.1. The number of likely N-dealkylation sites (N-methyl/N-ethyl adjacent to an activating group) is 1. The van der Waals surface area contributed by atoms with Crippen molar-refractivity contribution in [1.82, 2.24) is 14.9 Å². The fraction of sp³-hybridized carbons (Fsp3) is 0.533. The maximum Gasteiger partial charge on any atom is 0.240 e. The summed E-state index contributed by atoms with van der Waals surface area (Å²) in [6, 6.07) is 8.12. The molecule has 0 aromatic heterocycles. The molecule has 0 fully saturated rings. The Morgan fingerprint density at radius 3 is 2.32 bits per heavy atom. The molecule has 6 nitrogen and oxygen atoms in total. The Labute approximate surface area is 132 Å². The molecule has 124 valence electrons. The Bertz CT molecular complexity index is 542. The van der Waals surface area contributed by atoms with Crippen molar-refractivity contribution in [2.45, 2.75) is 25.2 Å². The van der Waals surface area contributed by atoms with E-state index in [0.717, 1.165) is 19.6 Å². The van der Waals surface area contributed by atoms with Crippen LogP contribution in [-0.4, -0.2) is 51.9 Å². The zero-order valence-electron chi connectivity index (χ0n) is 13.2. The standard InChI is InChI=1S/C15H25N3O3S/c1-3-18(4-2)13-12-16-15(19)10-11-17-22(20,21)14-8-6-5-7-9-14/h5-9,17H,3-4,10-13H2,1-2H3,(H,16,19). The average molecular weight is 327 g/mol. The van der Waals surface area contributed by atoms with Gasteiger partial charge in [0, 0.05) is 26.1 Å². The van der Waals surface area contributed by atoms with Crippen molar-refractivity contribution in [2.24, 2.45) is 0 Å². The van der Waals surface area contributed by atoms with Crippen molar-refractivity contribution in [1.29, 1.82) is 0 Å². The number of carbonyl (C=O) groups is 1. The van der Waals surface area contributed by atoms with Crippen molar-refractivity contribution in [3.8, 4) is 0 Å². The van der Waals surface area contributed by atoms with E-state index in [1.807, 2.05) is 0 Å². The molecule has 0 atom stereocenters. The first-order chi connectivity index (χ1) is 10.5. The van der Waals surface area contributed by atoms with E-state index < -0.39 is 10.0 Å². The van der Waals surface area contributed by atoms with Gasteiger partial charge in [0.05, 0.1) is 4.90 Å². The van der Waals surface area contributed by atoms with Crippen LogP contribution >= 0.6 is 0 Å². The van der Waals surface area contributed by atoms with Crippen LogP contribution in [0.1, 0.15) is 20.3 Å². The summed E-state index contributed by atoms with van der Waals surface area (Å²) in [5.41, 5.74) is 0. The van der Waals surface area contributed by atoms with Crippen molar-refractivity contribution in [3.63, 3.8) is 0 Å². The van der Waals surface area contributed by atoms with Gasteiger partial charge in [-0.1, -0.05) is 32.0 Å². The summed E-state index contributed by atoms with van der Waals surface area (Å²) >= 11 is 0. The first-order valence-corrected chi connectivity index (χ1v) is 9.01. The molecule has 0 unspecified atom stereocenters. The maximum absolute atomic E-state index is 11.9. The van der Waals surface area contributed by atoms with Gasteiger partial charge >= 0.3 is 0 Å². The zero-order chi connectivity index (χ0) is 16.4. The molecule has 7 heteroatoms. The molecule has 0 saturated heterocycles. The minimum Gasteiger partial charge on any atom is -0.355 e. The lowest BCUT2D eigenvalue weighted by atomic mass is 10.4. The Morgan fingerprint density at radius 2 is 1.73 bits per heavy atom. The summed E-state index contributed by atoms with van der Waals surface area (Å²) in [7, 11) is -3.54. The van der Waals surface area contributed by atoms with Crippen molar-refractivity contribution in [3.05, 3.63) is 30.3 Å². The zero-order valence-corrected chi connectivity index (χ0v) is 14.0. The number of nitrogens with one attached hydrogen (secondary N) is 2. The highest BCUT2D eigenvalue weighted by molar-refractivity contribution is 7.89. The van der Waals surface area contributed by atoms with Crippen LogP contribution in [0.3, 0.4) is 0 Å². The van der Waals surface area contributed by atoms with Crippen molar-refractivity contribution < 1.29 is 13.2 Å². The molecular weight excluding hydrogens is 302 g/mol. The number of amides is 1. The third-order valence-electron chi connectivity index (χ3n) is 3.34. The lowest BCUT2D eigenvalue weighted by Crippen LogP contribution is -2.36. The van der Waals surface area contributed by atoms with Crippen LogP contribution in [0, 0.1) is 0 Å².